The van der Waals surface area contributed by atoms with Crippen molar-refractivity contribution in [2.24, 2.45) is 0 Å². The minimum atomic E-state index is -0.388. The number of carbonyl (C=O) groups excluding carboxylic acids is 1. The van der Waals surface area contributed by atoms with Gasteiger partial charge in [0.2, 0.25) is 0 Å². The summed E-state index contributed by atoms with van der Waals surface area (Å²) in [5.74, 6) is 0.212. The van der Waals surface area contributed by atoms with Crippen molar-refractivity contribution in [3.63, 3.8) is 0 Å². The van der Waals surface area contributed by atoms with Gasteiger partial charge >= 0.3 is 5.63 Å². The first kappa shape index (κ1) is 20.0. The fourth-order valence-electron chi connectivity index (χ4n) is 3.07. The van der Waals surface area contributed by atoms with Gasteiger partial charge < -0.3 is 14.5 Å². The Morgan fingerprint density at radius 1 is 1.21 bits per heavy atom. The first-order valence-corrected chi connectivity index (χ1v) is 9.58. The van der Waals surface area contributed by atoms with Crippen LogP contribution in [-0.4, -0.2) is 12.5 Å². The molecule has 28 heavy (non-hydrogen) atoms. The van der Waals surface area contributed by atoms with E-state index in [4.69, 9.17) is 20.8 Å². The van der Waals surface area contributed by atoms with Gasteiger partial charge in [0.25, 0.3) is 5.91 Å². The Labute approximate surface area is 168 Å². The zero-order chi connectivity index (χ0) is 20.1. The Kier molecular flexibility index (Phi) is 6.37. The van der Waals surface area contributed by atoms with Gasteiger partial charge in [-0.15, -0.1) is 0 Å². The average Bonchev–Trinajstić information content (AvgIpc) is 2.66. The van der Waals surface area contributed by atoms with Crippen molar-refractivity contribution in [2.45, 2.75) is 32.7 Å². The van der Waals surface area contributed by atoms with Gasteiger partial charge in [-0.25, -0.2) is 4.79 Å². The molecule has 0 radical (unpaired) electrons. The second-order valence-corrected chi connectivity index (χ2v) is 7.07. The summed E-state index contributed by atoms with van der Waals surface area (Å²) in [7, 11) is 0. The summed E-state index contributed by atoms with van der Waals surface area (Å²) >= 11 is 5.99. The van der Waals surface area contributed by atoms with E-state index in [1.165, 1.54) is 6.07 Å². The van der Waals surface area contributed by atoms with Crippen molar-refractivity contribution in [1.29, 1.82) is 0 Å². The summed E-state index contributed by atoms with van der Waals surface area (Å²) in [5.41, 5.74) is 1.94. The molecule has 0 aliphatic rings. The van der Waals surface area contributed by atoms with E-state index < -0.39 is 0 Å². The Bertz CT molecular complexity index is 1040. The van der Waals surface area contributed by atoms with E-state index in [0.29, 0.717) is 16.4 Å². The Hall–Kier alpha value is -2.79. The van der Waals surface area contributed by atoms with Crippen LogP contribution in [0.3, 0.4) is 0 Å². The summed E-state index contributed by atoms with van der Waals surface area (Å²) in [4.78, 5) is 24.0. The number of aryl methyl sites for hydroxylation is 1. The molecule has 1 N–H and O–H groups in total. The minimum Gasteiger partial charge on any atom is -0.484 e. The van der Waals surface area contributed by atoms with Crippen molar-refractivity contribution in [3.8, 4) is 5.75 Å². The van der Waals surface area contributed by atoms with Crippen LogP contribution in [-0.2, 0) is 11.2 Å². The van der Waals surface area contributed by atoms with Gasteiger partial charge in [0.15, 0.2) is 6.61 Å². The first-order chi connectivity index (χ1) is 13.5. The number of rotatable bonds is 7. The number of ether oxygens (including phenoxy) is 1. The van der Waals surface area contributed by atoms with Gasteiger partial charge in [0.05, 0.1) is 6.04 Å². The van der Waals surface area contributed by atoms with Crippen molar-refractivity contribution < 1.29 is 13.9 Å². The number of halogens is 1. The molecule has 0 aliphatic heterocycles. The molecule has 2 aromatic carbocycles. The highest BCUT2D eigenvalue weighted by Gasteiger charge is 2.12. The molecular formula is C22H22ClNO4. The lowest BCUT2D eigenvalue weighted by Gasteiger charge is -2.15. The monoisotopic (exact) mass is 399 g/mol. The van der Waals surface area contributed by atoms with Crippen LogP contribution in [0.15, 0.2) is 57.7 Å². The Morgan fingerprint density at radius 3 is 2.79 bits per heavy atom. The zero-order valence-electron chi connectivity index (χ0n) is 15.8. The summed E-state index contributed by atoms with van der Waals surface area (Å²) in [6.45, 7) is 3.79. The topological polar surface area (TPSA) is 68.5 Å². The van der Waals surface area contributed by atoms with Crippen molar-refractivity contribution in [2.75, 3.05) is 6.61 Å². The van der Waals surface area contributed by atoms with E-state index in [2.05, 4.69) is 12.2 Å². The van der Waals surface area contributed by atoms with Gasteiger partial charge in [-0.1, -0.05) is 37.1 Å². The molecule has 0 saturated carbocycles. The molecule has 146 valence electrons. The summed E-state index contributed by atoms with van der Waals surface area (Å²) in [6.07, 6.45) is 1.73. The van der Waals surface area contributed by atoms with Crippen LogP contribution in [0.5, 0.6) is 5.75 Å². The van der Waals surface area contributed by atoms with Gasteiger partial charge in [-0.05, 0) is 48.7 Å². The van der Waals surface area contributed by atoms with Crippen LogP contribution in [0.2, 0.25) is 5.02 Å². The molecule has 6 heteroatoms. The highest BCUT2D eigenvalue weighted by Crippen LogP contribution is 2.23. The number of nitrogens with one attached hydrogen (secondary N) is 1. The maximum absolute atomic E-state index is 12.2. The molecule has 1 aromatic heterocycles. The minimum absolute atomic E-state index is 0.144. The SMILES string of the molecule is CCCc1cc(=O)oc2cc(OCC(=O)NC(C)c3cccc(Cl)c3)ccc12. The predicted molar refractivity (Wildman–Crippen MR) is 110 cm³/mol. The molecule has 1 amide bonds. The highest BCUT2D eigenvalue weighted by atomic mass is 35.5. The lowest BCUT2D eigenvalue weighted by Crippen LogP contribution is -2.31. The molecule has 0 saturated heterocycles. The number of benzene rings is 2. The van der Waals surface area contributed by atoms with Crippen LogP contribution < -0.4 is 15.7 Å². The maximum atomic E-state index is 12.2. The van der Waals surface area contributed by atoms with Crippen LogP contribution >= 0.6 is 11.6 Å². The van der Waals surface area contributed by atoms with Crippen molar-refractivity contribution in [3.05, 3.63) is 75.1 Å². The molecule has 1 heterocycles. The van der Waals surface area contributed by atoms with Crippen molar-refractivity contribution >= 4 is 28.5 Å². The van der Waals surface area contributed by atoms with E-state index >= 15 is 0 Å². The predicted octanol–water partition coefficient (Wildman–Crippen LogP) is 4.66. The molecule has 0 bridgehead atoms. The number of fused-ring (bicyclic) bond motifs is 1. The van der Waals surface area contributed by atoms with E-state index in [0.717, 1.165) is 29.4 Å². The summed E-state index contributed by atoms with van der Waals surface area (Å²) in [6, 6.07) is 13.9. The van der Waals surface area contributed by atoms with E-state index in [1.54, 1.807) is 18.2 Å². The molecule has 0 aliphatic carbocycles. The molecule has 1 atom stereocenters. The molecule has 1 unspecified atom stereocenters. The van der Waals surface area contributed by atoms with Crippen LogP contribution in [0.4, 0.5) is 0 Å². The van der Waals surface area contributed by atoms with Crippen LogP contribution in [0.1, 0.15) is 37.4 Å². The zero-order valence-corrected chi connectivity index (χ0v) is 16.6. The number of amides is 1. The molecule has 5 nitrogen and oxygen atoms in total. The van der Waals surface area contributed by atoms with Gasteiger partial charge in [0, 0.05) is 22.5 Å². The lowest BCUT2D eigenvalue weighted by molar-refractivity contribution is -0.123. The molecule has 3 rings (SSSR count). The third-order valence-electron chi connectivity index (χ3n) is 4.42. The average molecular weight is 400 g/mol. The molecule has 0 fully saturated rings. The Morgan fingerprint density at radius 2 is 2.04 bits per heavy atom. The number of carbonyl (C=O) groups is 1. The van der Waals surface area contributed by atoms with Gasteiger partial charge in [-0.2, -0.15) is 0 Å². The van der Waals surface area contributed by atoms with Crippen LogP contribution in [0, 0.1) is 0 Å². The third-order valence-corrected chi connectivity index (χ3v) is 4.65. The third kappa shape index (κ3) is 4.93. The summed E-state index contributed by atoms with van der Waals surface area (Å²) < 4.78 is 10.9. The fourth-order valence-corrected chi connectivity index (χ4v) is 3.27. The molecular weight excluding hydrogens is 378 g/mol. The normalized spacial score (nSPS) is 12.0. The number of hydrogen-bond donors (Lipinski definition) is 1. The quantitative estimate of drug-likeness (QED) is 0.587. The highest BCUT2D eigenvalue weighted by molar-refractivity contribution is 6.30. The molecule has 3 aromatic rings. The second kappa shape index (κ2) is 8.93. The number of hydrogen-bond acceptors (Lipinski definition) is 4. The maximum Gasteiger partial charge on any atom is 0.336 e. The summed E-state index contributed by atoms with van der Waals surface area (Å²) in [5, 5.41) is 4.37. The van der Waals surface area contributed by atoms with Crippen LogP contribution in [0.25, 0.3) is 11.0 Å². The lowest BCUT2D eigenvalue weighted by atomic mass is 10.1. The van der Waals surface area contributed by atoms with E-state index in [1.807, 2.05) is 31.2 Å². The largest absolute Gasteiger partial charge is 0.484 e. The fraction of sp³-hybridized carbons (Fsp3) is 0.273. The first-order valence-electron chi connectivity index (χ1n) is 9.20. The van der Waals surface area contributed by atoms with E-state index in [9.17, 15) is 9.59 Å². The van der Waals surface area contributed by atoms with Gasteiger partial charge in [-0.3, -0.25) is 4.79 Å². The smallest absolute Gasteiger partial charge is 0.336 e. The van der Waals surface area contributed by atoms with Gasteiger partial charge in [0.1, 0.15) is 11.3 Å². The Balaban J connectivity index is 1.66. The second-order valence-electron chi connectivity index (χ2n) is 6.63. The van der Waals surface area contributed by atoms with Crippen molar-refractivity contribution in [1.82, 2.24) is 5.32 Å². The standard InChI is InChI=1S/C22H22ClNO4/c1-3-5-16-11-22(26)28-20-12-18(8-9-19(16)20)27-13-21(25)24-14(2)15-6-4-7-17(23)10-15/h4,6-12,14H,3,5,13H2,1-2H3,(H,24,25). The van der Waals surface area contributed by atoms with E-state index in [-0.39, 0.29) is 24.2 Å². The molecule has 0 spiro atoms.